The lowest BCUT2D eigenvalue weighted by atomic mass is 9.83. The highest BCUT2D eigenvalue weighted by atomic mass is 16.4. The van der Waals surface area contributed by atoms with Gasteiger partial charge in [-0.15, -0.1) is 0 Å². The van der Waals surface area contributed by atoms with Crippen molar-refractivity contribution in [3.63, 3.8) is 0 Å². The Morgan fingerprint density at radius 2 is 0.780 bits per heavy atom. The van der Waals surface area contributed by atoms with Crippen LogP contribution in [0.2, 0.25) is 0 Å². The summed E-state index contributed by atoms with van der Waals surface area (Å²) in [7, 11) is 1.45. The highest BCUT2D eigenvalue weighted by Gasteiger charge is 2.36. The molecule has 542 valence electrons. The summed E-state index contributed by atoms with van der Waals surface area (Å²) in [5.41, 5.74) is 3.93. The molecule has 5 rings (SSSR count). The zero-order valence-electron chi connectivity index (χ0n) is 57.1. The lowest BCUT2D eigenvalue weighted by molar-refractivity contribution is -0.140. The van der Waals surface area contributed by atoms with Gasteiger partial charge >= 0.3 is 66.0 Å². The van der Waals surface area contributed by atoms with E-state index in [4.69, 9.17) is 0 Å². The molecule has 4 aromatic carbocycles. The Kier molecular flexibility index (Phi) is 30.5. The van der Waals surface area contributed by atoms with Gasteiger partial charge in [-0.3, -0.25) is 38.4 Å². The summed E-state index contributed by atoms with van der Waals surface area (Å²) >= 11 is 0. The topological polar surface area (TPSA) is 488 Å². The van der Waals surface area contributed by atoms with Crippen LogP contribution in [0.4, 0.5) is 46.7 Å². The maximum Gasteiger partial charge on any atom is 0.319 e. The van der Waals surface area contributed by atoms with Crippen molar-refractivity contribution < 1.29 is 93.0 Å². The first-order valence-electron chi connectivity index (χ1n) is 33.2. The molecule has 18 N–H and O–H groups in total. The minimum absolute atomic E-state index is 0.00695. The van der Waals surface area contributed by atoms with Crippen LogP contribution in [-0.4, -0.2) is 133 Å². The van der Waals surface area contributed by atoms with Crippen LogP contribution in [-0.2, 0) is 93.5 Å². The molecule has 31 heteroatoms. The fraction of sp³-hybridized carbons (Fsp3) is 0.464. The van der Waals surface area contributed by atoms with Gasteiger partial charge in [0.15, 0.2) is 0 Å². The number of benzene rings is 4. The zero-order valence-corrected chi connectivity index (χ0v) is 57.1. The smallest absolute Gasteiger partial charge is 0.319 e. The Bertz CT molecular complexity index is 3630. The monoisotopic (exact) mass is 1390 g/mol. The largest absolute Gasteiger partial charge is 0.481 e. The molecule has 0 atom stereocenters. The number of anilines is 4. The van der Waals surface area contributed by atoms with Crippen molar-refractivity contribution >= 4 is 101 Å². The van der Waals surface area contributed by atoms with Crippen molar-refractivity contribution in [3.8, 4) is 0 Å². The quantitative estimate of drug-likeness (QED) is 0.0244. The van der Waals surface area contributed by atoms with Crippen molar-refractivity contribution in [2.24, 2.45) is 0 Å². The number of nitrogens with one attached hydrogen (secondary N) is 12. The van der Waals surface area contributed by atoms with E-state index in [-0.39, 0.29) is 105 Å². The number of rotatable bonds is 29. The van der Waals surface area contributed by atoms with Gasteiger partial charge in [0, 0.05) is 101 Å². The average Bonchev–Trinajstić information content (AvgIpc) is 0.788. The number of urea groups is 5. The normalized spacial score (nSPS) is 13.3. The lowest BCUT2D eigenvalue weighted by Crippen LogP contribution is -2.49. The van der Waals surface area contributed by atoms with E-state index < -0.39 is 127 Å². The van der Waals surface area contributed by atoms with E-state index in [1.807, 2.05) is 46.8 Å². The van der Waals surface area contributed by atoms with E-state index >= 15 is 0 Å². The Morgan fingerprint density at radius 3 is 1.14 bits per heavy atom. The van der Waals surface area contributed by atoms with Crippen LogP contribution >= 0.6 is 0 Å². The van der Waals surface area contributed by atoms with Crippen molar-refractivity contribution in [1.29, 1.82) is 0 Å². The number of carbonyl (C=O) groups is 13. The molecule has 0 unspecified atom stereocenters. The van der Waals surface area contributed by atoms with E-state index in [1.54, 1.807) is 0 Å². The highest BCUT2D eigenvalue weighted by Crippen LogP contribution is 2.34. The maximum absolute atomic E-state index is 14.4. The first-order valence-corrected chi connectivity index (χ1v) is 33.2. The summed E-state index contributed by atoms with van der Waals surface area (Å²) in [4.78, 5) is 169. The van der Waals surface area contributed by atoms with E-state index in [2.05, 4.69) is 63.8 Å². The third kappa shape index (κ3) is 23.9. The number of aliphatic carboxylic acids is 6. The molecular formula is C69H92N12O19. The van der Waals surface area contributed by atoms with Crippen LogP contribution in [0.3, 0.4) is 0 Å². The summed E-state index contributed by atoms with van der Waals surface area (Å²) in [6.07, 6.45) is -2.16. The Labute approximate surface area is 577 Å². The maximum atomic E-state index is 14.4. The van der Waals surface area contributed by atoms with Crippen LogP contribution in [0.1, 0.15) is 194 Å². The molecule has 0 aliphatic carbocycles. The van der Waals surface area contributed by atoms with Gasteiger partial charge in [-0.25, -0.2) is 24.0 Å². The number of carbonyl (C=O) groups excluding carboxylic acids is 7. The molecule has 0 fully saturated rings. The first-order chi connectivity index (χ1) is 47.5. The minimum Gasteiger partial charge on any atom is -0.481 e. The number of hydrogen-bond donors (Lipinski definition) is 18. The van der Waals surface area contributed by atoms with Gasteiger partial charge in [0.1, 0.15) is 0 Å². The van der Waals surface area contributed by atoms with E-state index in [9.17, 15) is 93.0 Å². The SMILES string of the molecule is CCc1cc(CC)c2cc1CCCNC(=O)Nc1cc(C(=O)NC(CCC(=O)O)(CCC(=O)O)CCC(=O)O)ccc1NC(=O)NCc1c(CC)c(CNC(=O)NC)c(CC)c(c1CC)CNC(=O)Nc1ccc(C(=O)NC(CCC(=O)O)(CCC(=O)O)CCC(=O)O)cc1NC(=O)NC2. The van der Waals surface area contributed by atoms with Crippen LogP contribution in [0.15, 0.2) is 48.5 Å². The van der Waals surface area contributed by atoms with Gasteiger partial charge in [0.05, 0.1) is 22.7 Å². The van der Waals surface area contributed by atoms with Crippen molar-refractivity contribution in [2.45, 2.75) is 194 Å². The molecule has 1 aliphatic heterocycles. The summed E-state index contributed by atoms with van der Waals surface area (Å²) in [6, 6.07) is 8.01. The van der Waals surface area contributed by atoms with Gasteiger partial charge in [-0.1, -0.05) is 46.8 Å². The first kappa shape index (κ1) is 79.7. The molecule has 4 aromatic rings. The van der Waals surface area contributed by atoms with Gasteiger partial charge in [-0.2, -0.15) is 0 Å². The van der Waals surface area contributed by atoms with Crippen LogP contribution < -0.4 is 63.8 Å². The van der Waals surface area contributed by atoms with Crippen molar-refractivity contribution in [1.82, 2.24) is 42.5 Å². The van der Waals surface area contributed by atoms with E-state index in [0.29, 0.717) is 61.6 Å². The predicted octanol–water partition coefficient (Wildman–Crippen LogP) is 8.09. The van der Waals surface area contributed by atoms with Crippen molar-refractivity contribution in [2.75, 3.05) is 34.9 Å². The number of hydrogen-bond acceptors (Lipinski definition) is 13. The fourth-order valence-corrected chi connectivity index (χ4v) is 12.4. The Morgan fingerprint density at radius 1 is 0.420 bits per heavy atom. The fourth-order valence-electron chi connectivity index (χ4n) is 12.4. The number of carboxylic acid groups (broad SMARTS) is 6. The molecule has 100 heavy (non-hydrogen) atoms. The van der Waals surface area contributed by atoms with E-state index in [1.165, 1.54) is 43.4 Å². The molecule has 12 amide bonds. The molecule has 1 heterocycles. The number of carboxylic acids is 6. The summed E-state index contributed by atoms with van der Waals surface area (Å²) in [5.74, 6) is -9.43. The zero-order chi connectivity index (χ0) is 73.9. The van der Waals surface area contributed by atoms with Crippen molar-refractivity contribution in [3.05, 3.63) is 115 Å². The highest BCUT2D eigenvalue weighted by molar-refractivity contribution is 6.04. The molecule has 0 saturated carbocycles. The minimum atomic E-state index is -1.63. The van der Waals surface area contributed by atoms with Crippen LogP contribution in [0.25, 0.3) is 0 Å². The third-order valence-electron chi connectivity index (χ3n) is 17.6. The van der Waals surface area contributed by atoms with Gasteiger partial charge in [0.2, 0.25) is 0 Å². The molecule has 0 radical (unpaired) electrons. The molecule has 0 spiro atoms. The lowest BCUT2D eigenvalue weighted by Gasteiger charge is -2.34. The van der Waals surface area contributed by atoms with E-state index in [0.717, 1.165) is 38.9 Å². The number of fused-ring (bicyclic) bond motifs is 6. The third-order valence-corrected chi connectivity index (χ3v) is 17.6. The molecular weight excluding hydrogens is 1300 g/mol. The molecule has 4 bridgehead atoms. The molecule has 31 nitrogen and oxygen atoms in total. The summed E-state index contributed by atoms with van der Waals surface area (Å²) in [5, 5.41) is 91.2. The van der Waals surface area contributed by atoms with Gasteiger partial charge < -0.3 is 94.4 Å². The number of amides is 12. The predicted molar refractivity (Wildman–Crippen MR) is 368 cm³/mol. The summed E-state index contributed by atoms with van der Waals surface area (Å²) in [6.45, 7) is 9.33. The second kappa shape index (κ2) is 38.2. The van der Waals surface area contributed by atoms with Gasteiger partial charge in [-0.05, 0) is 176 Å². The summed E-state index contributed by atoms with van der Waals surface area (Å²) < 4.78 is 0. The average molecular weight is 1390 g/mol. The van der Waals surface area contributed by atoms with Crippen LogP contribution in [0, 0.1) is 0 Å². The second-order valence-corrected chi connectivity index (χ2v) is 24.2. The van der Waals surface area contributed by atoms with Crippen LogP contribution in [0.5, 0.6) is 0 Å². The molecule has 0 aromatic heterocycles. The Hall–Kier alpha value is -11.0. The second-order valence-electron chi connectivity index (χ2n) is 24.2. The molecule has 1 aliphatic rings. The number of aryl methyl sites for hydroxylation is 3. The standard InChI is InChI=1S/C69H92N12O19/c1-7-39-31-40(8-2)44-32-41(39)13-12-30-71-64(97)78-53-33-42(61(94)80-68(24-18-55(82)83,25-19-56(84)85)26-20-57(86)87)14-16-51(53)76-66(99)74-37-49-45(9-3)48(36-73-63(96)70-6)46(10-4)50(47(49)11-5)38-75-67(100)77-52-17-15-43(34-54(52)79-65(98)72-35-44)62(95)81-69(27-21-58(88)89,28-22-59(90)91)29-23-60(92)93/h14-17,31-34H,7-13,18-30,35-38H2,1-6H3,(H,80,94)(H,81,95)(H,82,83)(H,84,85)(H,86,87)(H,88,89)(H,90,91)(H,92,93)(H2,70,73,96)(H2,71,78,97)(H2,72,79,98)(H2,74,76,99)(H2,75,77,100). The van der Waals surface area contributed by atoms with Gasteiger partial charge in [0.25, 0.3) is 11.8 Å². The molecule has 0 saturated heterocycles. The Balaban J connectivity index is 1.66.